The molecule has 0 aliphatic carbocycles. The summed E-state index contributed by atoms with van der Waals surface area (Å²) in [6, 6.07) is 11.1. The average molecular weight is 319 g/mol. The second kappa shape index (κ2) is 7.09. The number of ether oxygens (including phenoxy) is 1. The molecular formula is C17H19ClN2O2. The summed E-state index contributed by atoms with van der Waals surface area (Å²) in [7, 11) is 0. The van der Waals surface area contributed by atoms with Crippen molar-refractivity contribution in [3.05, 3.63) is 59.4 Å². The van der Waals surface area contributed by atoms with Gasteiger partial charge in [-0.3, -0.25) is 9.88 Å². The fraction of sp³-hybridized carbons (Fsp3) is 0.353. The molecule has 1 aromatic heterocycles. The minimum atomic E-state index is -0.529. The Morgan fingerprint density at radius 2 is 2.14 bits per heavy atom. The average Bonchev–Trinajstić information content (AvgIpc) is 2.95. The Labute approximate surface area is 135 Å². The topological polar surface area (TPSA) is 45.6 Å². The van der Waals surface area contributed by atoms with Gasteiger partial charge >= 0.3 is 0 Å². The van der Waals surface area contributed by atoms with Crippen molar-refractivity contribution in [3.63, 3.8) is 0 Å². The Morgan fingerprint density at radius 3 is 2.91 bits per heavy atom. The molecule has 1 aliphatic heterocycles. The van der Waals surface area contributed by atoms with Crippen LogP contribution < -0.4 is 4.74 Å². The lowest BCUT2D eigenvalue weighted by molar-refractivity contribution is 0.117. The van der Waals surface area contributed by atoms with Gasteiger partial charge in [-0.25, -0.2) is 0 Å². The molecule has 0 amide bonds. The molecule has 0 spiro atoms. The summed E-state index contributed by atoms with van der Waals surface area (Å²) in [5.41, 5.74) is 0.853. The van der Waals surface area contributed by atoms with Crippen molar-refractivity contribution in [1.29, 1.82) is 0 Å². The highest BCUT2D eigenvalue weighted by Crippen LogP contribution is 2.22. The maximum atomic E-state index is 10.3. The Balaban J connectivity index is 1.52. The molecule has 2 aromatic rings. The minimum Gasteiger partial charge on any atom is -0.489 e. The molecule has 22 heavy (non-hydrogen) atoms. The predicted octanol–water partition coefficient (Wildman–Crippen LogP) is 2.92. The van der Waals surface area contributed by atoms with Gasteiger partial charge in [-0.1, -0.05) is 23.7 Å². The molecule has 1 fully saturated rings. The van der Waals surface area contributed by atoms with Crippen molar-refractivity contribution < 1.29 is 9.84 Å². The van der Waals surface area contributed by atoms with E-state index in [1.54, 1.807) is 12.4 Å². The number of benzene rings is 1. The Bertz CT molecular complexity index is 609. The van der Waals surface area contributed by atoms with Crippen molar-refractivity contribution in [1.82, 2.24) is 9.88 Å². The summed E-state index contributed by atoms with van der Waals surface area (Å²) in [5, 5.41) is 11.0. The molecule has 5 heteroatoms. The first-order chi connectivity index (χ1) is 10.7. The van der Waals surface area contributed by atoms with Gasteiger partial charge in [0.15, 0.2) is 0 Å². The molecule has 4 nitrogen and oxygen atoms in total. The molecule has 2 atom stereocenters. The third-order valence-corrected chi connectivity index (χ3v) is 4.08. The number of aliphatic hydroxyl groups excluding tert-OH is 1. The first-order valence-corrected chi connectivity index (χ1v) is 7.81. The van der Waals surface area contributed by atoms with Crippen LogP contribution in [0.3, 0.4) is 0 Å². The second-order valence-corrected chi connectivity index (χ2v) is 5.98. The van der Waals surface area contributed by atoms with Crippen molar-refractivity contribution in [2.45, 2.75) is 18.6 Å². The highest BCUT2D eigenvalue weighted by Gasteiger charge is 2.26. The van der Waals surface area contributed by atoms with Gasteiger partial charge in [0.1, 0.15) is 11.9 Å². The number of aromatic nitrogens is 1. The predicted molar refractivity (Wildman–Crippen MR) is 86.1 cm³/mol. The van der Waals surface area contributed by atoms with Crippen LogP contribution in [-0.4, -0.2) is 40.7 Å². The lowest BCUT2D eigenvalue weighted by Gasteiger charge is -2.20. The van der Waals surface area contributed by atoms with Gasteiger partial charge in [0.2, 0.25) is 0 Å². The zero-order chi connectivity index (χ0) is 15.4. The maximum Gasteiger partial charge on any atom is 0.122 e. The number of pyridine rings is 1. The van der Waals surface area contributed by atoms with E-state index in [2.05, 4.69) is 9.88 Å². The van der Waals surface area contributed by atoms with E-state index in [1.165, 1.54) is 0 Å². The SMILES string of the molecule is OC(CN1CCC(Oc2ccncc2)C1)c1cccc(Cl)c1. The van der Waals surface area contributed by atoms with Crippen LogP contribution in [0.2, 0.25) is 5.02 Å². The third-order valence-electron chi connectivity index (χ3n) is 3.85. The lowest BCUT2D eigenvalue weighted by Crippen LogP contribution is -2.29. The van der Waals surface area contributed by atoms with Gasteiger partial charge in [0.25, 0.3) is 0 Å². The number of β-amino-alcohol motifs (C(OH)–C–C–N with tert-alkyl or cyclic N) is 1. The summed E-state index contributed by atoms with van der Waals surface area (Å²) in [5.74, 6) is 0.845. The summed E-state index contributed by atoms with van der Waals surface area (Å²) >= 11 is 5.97. The fourth-order valence-electron chi connectivity index (χ4n) is 2.73. The lowest BCUT2D eigenvalue weighted by atomic mass is 10.1. The van der Waals surface area contributed by atoms with Crippen molar-refractivity contribution in [2.24, 2.45) is 0 Å². The van der Waals surface area contributed by atoms with E-state index in [1.807, 2.05) is 36.4 Å². The van der Waals surface area contributed by atoms with Crippen LogP contribution in [-0.2, 0) is 0 Å². The molecule has 1 aliphatic rings. The van der Waals surface area contributed by atoms with Crippen LogP contribution in [0.5, 0.6) is 5.75 Å². The molecule has 0 saturated carbocycles. The van der Waals surface area contributed by atoms with E-state index in [0.717, 1.165) is 30.8 Å². The molecular weight excluding hydrogens is 300 g/mol. The standard InChI is InChI=1S/C17H19ClN2O2/c18-14-3-1-2-13(10-14)17(21)12-20-9-6-16(11-20)22-15-4-7-19-8-5-15/h1-5,7-8,10,16-17,21H,6,9,11-12H2. The van der Waals surface area contributed by atoms with E-state index in [-0.39, 0.29) is 6.10 Å². The summed E-state index contributed by atoms with van der Waals surface area (Å²) in [6.45, 7) is 2.34. The van der Waals surface area contributed by atoms with E-state index in [9.17, 15) is 5.11 Å². The van der Waals surface area contributed by atoms with Gasteiger partial charge in [0.05, 0.1) is 6.10 Å². The van der Waals surface area contributed by atoms with Crippen LogP contribution in [0.15, 0.2) is 48.8 Å². The largest absolute Gasteiger partial charge is 0.489 e. The van der Waals surface area contributed by atoms with Gasteiger partial charge in [-0.05, 0) is 36.2 Å². The quantitative estimate of drug-likeness (QED) is 0.920. The van der Waals surface area contributed by atoms with E-state index < -0.39 is 6.10 Å². The first kappa shape index (κ1) is 15.3. The summed E-state index contributed by atoms with van der Waals surface area (Å²) in [4.78, 5) is 6.20. The van der Waals surface area contributed by atoms with Gasteiger partial charge in [-0.15, -0.1) is 0 Å². The zero-order valence-corrected chi connectivity index (χ0v) is 13.0. The van der Waals surface area contributed by atoms with Crippen molar-refractivity contribution in [2.75, 3.05) is 19.6 Å². The van der Waals surface area contributed by atoms with Gasteiger partial charge in [0, 0.05) is 37.1 Å². The summed E-state index contributed by atoms with van der Waals surface area (Å²) < 4.78 is 5.93. The van der Waals surface area contributed by atoms with Crippen molar-refractivity contribution >= 4 is 11.6 Å². The smallest absolute Gasteiger partial charge is 0.122 e. The molecule has 1 N–H and O–H groups in total. The fourth-order valence-corrected chi connectivity index (χ4v) is 2.93. The number of nitrogens with zero attached hydrogens (tertiary/aromatic N) is 2. The Hall–Kier alpha value is -1.62. The molecule has 2 heterocycles. The number of hydrogen-bond donors (Lipinski definition) is 1. The van der Waals surface area contributed by atoms with E-state index >= 15 is 0 Å². The van der Waals surface area contributed by atoms with Crippen LogP contribution in [0.4, 0.5) is 0 Å². The van der Waals surface area contributed by atoms with Gasteiger partial charge < -0.3 is 9.84 Å². The Morgan fingerprint density at radius 1 is 1.32 bits per heavy atom. The molecule has 2 unspecified atom stereocenters. The highest BCUT2D eigenvalue weighted by molar-refractivity contribution is 6.30. The number of likely N-dealkylation sites (tertiary alicyclic amines) is 1. The van der Waals surface area contributed by atoms with Crippen LogP contribution >= 0.6 is 11.6 Å². The number of rotatable bonds is 5. The minimum absolute atomic E-state index is 0.161. The number of hydrogen-bond acceptors (Lipinski definition) is 4. The molecule has 116 valence electrons. The molecule has 1 aromatic carbocycles. The molecule has 1 saturated heterocycles. The van der Waals surface area contributed by atoms with Crippen LogP contribution in [0, 0.1) is 0 Å². The monoisotopic (exact) mass is 318 g/mol. The Kier molecular flexibility index (Phi) is 4.93. The molecule has 0 bridgehead atoms. The summed E-state index contributed by atoms with van der Waals surface area (Å²) in [6.07, 6.45) is 4.05. The second-order valence-electron chi connectivity index (χ2n) is 5.54. The van der Waals surface area contributed by atoms with Gasteiger partial charge in [-0.2, -0.15) is 0 Å². The van der Waals surface area contributed by atoms with Crippen LogP contribution in [0.25, 0.3) is 0 Å². The van der Waals surface area contributed by atoms with Crippen molar-refractivity contribution in [3.8, 4) is 5.75 Å². The zero-order valence-electron chi connectivity index (χ0n) is 12.2. The van der Waals surface area contributed by atoms with E-state index in [4.69, 9.17) is 16.3 Å². The molecule has 3 rings (SSSR count). The van der Waals surface area contributed by atoms with E-state index in [0.29, 0.717) is 11.6 Å². The number of aliphatic hydroxyl groups is 1. The van der Waals surface area contributed by atoms with Crippen LogP contribution in [0.1, 0.15) is 18.1 Å². The third kappa shape index (κ3) is 3.97. The maximum absolute atomic E-state index is 10.3. The molecule has 0 radical (unpaired) electrons. The normalized spacial score (nSPS) is 20.0. The first-order valence-electron chi connectivity index (χ1n) is 7.43. The highest BCUT2D eigenvalue weighted by atomic mass is 35.5. The number of halogens is 1.